The van der Waals surface area contributed by atoms with Crippen molar-refractivity contribution < 1.29 is 21.6 Å². The van der Waals surface area contributed by atoms with E-state index in [1.54, 1.807) is 41.0 Å². The lowest BCUT2D eigenvalue weighted by atomic mass is 10.1. The van der Waals surface area contributed by atoms with Gasteiger partial charge in [0.05, 0.1) is 10.6 Å². The molecule has 0 saturated heterocycles. The van der Waals surface area contributed by atoms with Crippen molar-refractivity contribution >= 4 is 10.0 Å². The number of benzene rings is 3. The molecule has 10 heteroatoms. The molecule has 4 aromatic rings. The number of sulfonamides is 1. The summed E-state index contributed by atoms with van der Waals surface area (Å²) < 4.78 is 68.2. The SMILES string of the molecule is CCCCn1c(-c2ccccc2)nc(C(F)(F)F)c1CN(Cc1ccccc1)Cc1ccc(S(N)(=O)=O)cc1. The molecule has 1 heterocycles. The zero-order valence-corrected chi connectivity index (χ0v) is 22.4. The molecule has 2 N–H and O–H groups in total. The molecular formula is C29H31F3N4O2S. The van der Waals surface area contributed by atoms with Gasteiger partial charge in [-0.1, -0.05) is 86.1 Å². The number of nitrogens with two attached hydrogens (primary N) is 1. The van der Waals surface area contributed by atoms with Gasteiger partial charge in [-0.3, -0.25) is 4.90 Å². The van der Waals surface area contributed by atoms with Crippen LogP contribution in [0.5, 0.6) is 0 Å². The van der Waals surface area contributed by atoms with Crippen LogP contribution in [0.3, 0.4) is 0 Å². The molecule has 0 aliphatic heterocycles. The van der Waals surface area contributed by atoms with Crippen molar-refractivity contribution in [1.29, 1.82) is 0 Å². The molecule has 0 fully saturated rings. The van der Waals surface area contributed by atoms with Crippen LogP contribution in [-0.4, -0.2) is 22.9 Å². The van der Waals surface area contributed by atoms with Crippen LogP contribution < -0.4 is 5.14 Å². The van der Waals surface area contributed by atoms with E-state index >= 15 is 0 Å². The van der Waals surface area contributed by atoms with Crippen LogP contribution in [-0.2, 0) is 42.4 Å². The van der Waals surface area contributed by atoms with Gasteiger partial charge in [-0.05, 0) is 29.7 Å². The van der Waals surface area contributed by atoms with E-state index < -0.39 is 21.9 Å². The van der Waals surface area contributed by atoms with Gasteiger partial charge < -0.3 is 4.57 Å². The summed E-state index contributed by atoms with van der Waals surface area (Å²) in [6, 6.07) is 24.5. The highest BCUT2D eigenvalue weighted by Gasteiger charge is 2.39. The highest BCUT2D eigenvalue weighted by atomic mass is 32.2. The second kappa shape index (κ2) is 12.1. The molecule has 0 saturated carbocycles. The molecule has 0 bridgehead atoms. The fraction of sp³-hybridized carbons (Fsp3) is 0.276. The van der Waals surface area contributed by atoms with Crippen molar-refractivity contribution in [3.8, 4) is 11.4 Å². The lowest BCUT2D eigenvalue weighted by Crippen LogP contribution is -2.26. The summed E-state index contributed by atoms with van der Waals surface area (Å²) in [6.45, 7) is 3.06. The number of aromatic nitrogens is 2. The predicted octanol–water partition coefficient (Wildman–Crippen LogP) is 6.22. The Kier molecular flexibility index (Phi) is 8.89. The maximum absolute atomic E-state index is 14.4. The third kappa shape index (κ3) is 7.35. The minimum atomic E-state index is -4.63. The average Bonchev–Trinajstić information content (AvgIpc) is 3.27. The van der Waals surface area contributed by atoms with Crippen molar-refractivity contribution in [2.75, 3.05) is 0 Å². The monoisotopic (exact) mass is 556 g/mol. The first kappa shape index (κ1) is 28.5. The van der Waals surface area contributed by atoms with Gasteiger partial charge in [-0.15, -0.1) is 0 Å². The largest absolute Gasteiger partial charge is 0.435 e. The fourth-order valence-electron chi connectivity index (χ4n) is 4.50. The van der Waals surface area contributed by atoms with Crippen LogP contribution in [0.1, 0.15) is 42.3 Å². The van der Waals surface area contributed by atoms with Gasteiger partial charge in [0, 0.05) is 31.7 Å². The predicted molar refractivity (Wildman–Crippen MR) is 145 cm³/mol. The summed E-state index contributed by atoms with van der Waals surface area (Å²) in [4.78, 5) is 6.03. The Morgan fingerprint density at radius 1 is 0.846 bits per heavy atom. The first-order valence-corrected chi connectivity index (χ1v) is 14.2. The molecule has 0 radical (unpaired) electrons. The number of hydrogen-bond acceptors (Lipinski definition) is 4. The Hall–Kier alpha value is -3.47. The van der Waals surface area contributed by atoms with E-state index in [1.807, 2.05) is 48.2 Å². The zero-order chi connectivity index (χ0) is 28.0. The Bertz CT molecular complexity index is 1470. The smallest absolute Gasteiger partial charge is 0.326 e. The summed E-state index contributed by atoms with van der Waals surface area (Å²) in [5.41, 5.74) is 1.52. The minimum Gasteiger partial charge on any atom is -0.326 e. The second-order valence-electron chi connectivity index (χ2n) is 9.42. The summed E-state index contributed by atoms with van der Waals surface area (Å²) >= 11 is 0. The number of nitrogens with zero attached hydrogens (tertiary/aromatic N) is 3. The van der Waals surface area contributed by atoms with Crippen LogP contribution in [0.15, 0.2) is 89.8 Å². The quantitative estimate of drug-likeness (QED) is 0.238. The maximum atomic E-state index is 14.4. The molecule has 0 aliphatic carbocycles. The summed E-state index contributed by atoms with van der Waals surface area (Å²) in [5.74, 6) is 0.295. The van der Waals surface area contributed by atoms with E-state index in [-0.39, 0.29) is 23.7 Å². The first-order valence-electron chi connectivity index (χ1n) is 12.7. The van der Waals surface area contributed by atoms with Crippen molar-refractivity contribution in [3.05, 3.63) is 107 Å². The van der Waals surface area contributed by atoms with Crippen LogP contribution in [0, 0.1) is 0 Å². The van der Waals surface area contributed by atoms with Gasteiger partial charge in [0.1, 0.15) is 5.82 Å². The van der Waals surface area contributed by atoms with Crippen molar-refractivity contribution in [1.82, 2.24) is 14.5 Å². The van der Waals surface area contributed by atoms with E-state index in [4.69, 9.17) is 5.14 Å². The van der Waals surface area contributed by atoms with Crippen molar-refractivity contribution in [3.63, 3.8) is 0 Å². The summed E-state index contributed by atoms with van der Waals surface area (Å²) in [7, 11) is -3.86. The highest BCUT2D eigenvalue weighted by Crippen LogP contribution is 2.36. The lowest BCUT2D eigenvalue weighted by molar-refractivity contribution is -0.141. The topological polar surface area (TPSA) is 81.2 Å². The molecule has 206 valence electrons. The highest BCUT2D eigenvalue weighted by molar-refractivity contribution is 7.89. The number of primary sulfonamides is 1. The molecule has 0 amide bonds. The molecule has 3 aromatic carbocycles. The minimum absolute atomic E-state index is 0.00970. The molecule has 0 atom stereocenters. The summed E-state index contributed by atoms with van der Waals surface area (Å²) in [5, 5.41) is 5.22. The van der Waals surface area contributed by atoms with Gasteiger partial charge in [0.25, 0.3) is 0 Å². The van der Waals surface area contributed by atoms with Crippen LogP contribution in [0.2, 0.25) is 0 Å². The van der Waals surface area contributed by atoms with Gasteiger partial charge in [0.2, 0.25) is 10.0 Å². The van der Waals surface area contributed by atoms with E-state index in [9.17, 15) is 21.6 Å². The van der Waals surface area contributed by atoms with Crippen molar-refractivity contribution in [2.24, 2.45) is 5.14 Å². The molecule has 0 unspecified atom stereocenters. The number of hydrogen-bond donors (Lipinski definition) is 1. The van der Waals surface area contributed by atoms with Gasteiger partial charge in [-0.2, -0.15) is 13.2 Å². The molecular weight excluding hydrogens is 525 g/mol. The van der Waals surface area contributed by atoms with Crippen molar-refractivity contribution in [2.45, 2.75) is 57.0 Å². The number of rotatable bonds is 11. The number of imidazole rings is 1. The summed E-state index contributed by atoms with van der Waals surface area (Å²) in [6.07, 6.45) is -3.11. The average molecular weight is 557 g/mol. The fourth-order valence-corrected chi connectivity index (χ4v) is 5.02. The van der Waals surface area contributed by atoms with Crippen LogP contribution in [0.25, 0.3) is 11.4 Å². The van der Waals surface area contributed by atoms with E-state index in [1.165, 1.54) is 12.1 Å². The van der Waals surface area contributed by atoms with Gasteiger partial charge >= 0.3 is 6.18 Å². The van der Waals surface area contributed by atoms with E-state index in [0.717, 1.165) is 17.5 Å². The Morgan fingerprint density at radius 3 is 1.95 bits per heavy atom. The number of unbranched alkanes of at least 4 members (excludes halogenated alkanes) is 1. The molecule has 0 aliphatic rings. The van der Waals surface area contributed by atoms with Gasteiger partial charge in [0.15, 0.2) is 5.69 Å². The van der Waals surface area contributed by atoms with E-state index in [2.05, 4.69) is 4.98 Å². The number of alkyl halides is 3. The Morgan fingerprint density at radius 2 is 1.41 bits per heavy atom. The molecule has 1 aromatic heterocycles. The second-order valence-corrected chi connectivity index (χ2v) is 11.0. The van der Waals surface area contributed by atoms with Crippen LogP contribution >= 0.6 is 0 Å². The lowest BCUT2D eigenvalue weighted by Gasteiger charge is -2.25. The first-order chi connectivity index (χ1) is 18.6. The van der Waals surface area contributed by atoms with Gasteiger partial charge in [-0.25, -0.2) is 18.5 Å². The van der Waals surface area contributed by atoms with Crippen LogP contribution in [0.4, 0.5) is 13.2 Å². The Balaban J connectivity index is 1.77. The molecule has 0 spiro atoms. The third-order valence-electron chi connectivity index (χ3n) is 6.39. The number of halogens is 3. The third-order valence-corrected chi connectivity index (χ3v) is 7.32. The zero-order valence-electron chi connectivity index (χ0n) is 21.6. The van der Waals surface area contributed by atoms with E-state index in [0.29, 0.717) is 30.9 Å². The normalized spacial score (nSPS) is 12.3. The maximum Gasteiger partial charge on any atom is 0.435 e. The standard InChI is InChI=1S/C29H31F3N4O2S/c1-2-3-18-36-26(27(29(30,31)32)34-28(36)24-12-8-5-9-13-24)21-35(19-22-10-6-4-7-11-22)20-23-14-16-25(17-15-23)39(33,37)38/h4-17H,2-3,18-21H2,1H3,(H2,33,37,38). The Labute approximate surface area is 227 Å². The molecule has 4 rings (SSSR count). The molecule has 6 nitrogen and oxygen atoms in total. The molecule has 39 heavy (non-hydrogen) atoms.